The molecular weight excluding hydrogens is 324 g/mol. The first-order valence-corrected chi connectivity index (χ1v) is 9.20. The Bertz CT molecular complexity index is 484. The number of rotatable bonds is 5. The third-order valence-electron chi connectivity index (χ3n) is 6.21. The van der Waals surface area contributed by atoms with Gasteiger partial charge in [0.15, 0.2) is 0 Å². The van der Waals surface area contributed by atoms with Gasteiger partial charge in [-0.2, -0.15) is 0 Å². The molecule has 2 unspecified atom stereocenters. The molecule has 5 heteroatoms. The molecule has 0 aromatic heterocycles. The number of carbonyl (C=O) groups is 1. The maximum Gasteiger partial charge on any atom is 0.223 e. The third-order valence-corrected chi connectivity index (χ3v) is 6.21. The van der Waals surface area contributed by atoms with Crippen molar-refractivity contribution in [1.29, 1.82) is 0 Å². The van der Waals surface area contributed by atoms with Crippen molar-refractivity contribution in [3.63, 3.8) is 0 Å². The first-order valence-electron chi connectivity index (χ1n) is 9.20. The minimum absolute atomic E-state index is 0. The zero-order valence-corrected chi connectivity index (χ0v) is 16.7. The van der Waals surface area contributed by atoms with Gasteiger partial charge in [0.1, 0.15) is 12.6 Å². The van der Waals surface area contributed by atoms with E-state index in [0.717, 1.165) is 25.2 Å². The lowest BCUT2D eigenvalue weighted by Crippen LogP contribution is -3.00. The van der Waals surface area contributed by atoms with Crippen LogP contribution in [0.5, 0.6) is 0 Å². The fourth-order valence-corrected chi connectivity index (χ4v) is 6.84. The third kappa shape index (κ3) is 4.25. The smallest absolute Gasteiger partial charge is 0.223 e. The van der Waals surface area contributed by atoms with Gasteiger partial charge in [0.25, 0.3) is 0 Å². The number of hydrogen-bond donors (Lipinski definition) is 2. The number of carbonyl (C=O) groups excluding carboxylic acids is 1. The quantitative estimate of drug-likeness (QED) is 0.639. The van der Waals surface area contributed by atoms with Crippen LogP contribution in [0.4, 0.5) is 0 Å². The molecule has 0 saturated heterocycles. The molecular formula is C19H35ClN2O2. The Morgan fingerprint density at radius 2 is 1.67 bits per heavy atom. The molecule has 4 fully saturated rings. The van der Waals surface area contributed by atoms with Gasteiger partial charge < -0.3 is 27.3 Å². The zero-order valence-electron chi connectivity index (χ0n) is 16.0. The van der Waals surface area contributed by atoms with Crippen LogP contribution in [0.1, 0.15) is 58.8 Å². The van der Waals surface area contributed by atoms with Crippen LogP contribution < -0.4 is 17.7 Å². The van der Waals surface area contributed by atoms with E-state index in [2.05, 4.69) is 19.2 Å². The molecule has 3 atom stereocenters. The van der Waals surface area contributed by atoms with Crippen molar-refractivity contribution in [2.45, 2.75) is 70.4 Å². The number of quaternary nitrogens is 1. The van der Waals surface area contributed by atoms with E-state index in [1.165, 1.54) is 19.3 Å². The number of halogens is 1. The summed E-state index contributed by atoms with van der Waals surface area (Å²) >= 11 is 0. The molecule has 4 saturated carbocycles. The summed E-state index contributed by atoms with van der Waals surface area (Å²) in [7, 11) is 6.13. The Morgan fingerprint density at radius 1 is 1.12 bits per heavy atom. The van der Waals surface area contributed by atoms with E-state index >= 15 is 0 Å². The van der Waals surface area contributed by atoms with Crippen molar-refractivity contribution in [2.24, 2.45) is 16.7 Å². The number of nitrogens with zero attached hydrogens (tertiary/aromatic N) is 1. The Balaban J connectivity index is 0.00000208. The van der Waals surface area contributed by atoms with Crippen LogP contribution >= 0.6 is 0 Å². The first kappa shape index (κ1) is 20.0. The SMILES string of the molecule is CC12CC3CC(C)(C1)CC(NC(=O)C[C@H](O)C[N+](C)(C)C)(C3)C2.[Cl-]. The average molecular weight is 359 g/mol. The van der Waals surface area contributed by atoms with Crippen LogP contribution in [0.25, 0.3) is 0 Å². The number of hydrogen-bond acceptors (Lipinski definition) is 2. The van der Waals surface area contributed by atoms with Gasteiger partial charge in [-0.15, -0.1) is 0 Å². The molecule has 4 nitrogen and oxygen atoms in total. The van der Waals surface area contributed by atoms with E-state index in [-0.39, 0.29) is 30.3 Å². The van der Waals surface area contributed by atoms with Crippen LogP contribution in [-0.4, -0.2) is 54.8 Å². The Morgan fingerprint density at radius 3 is 2.12 bits per heavy atom. The zero-order chi connectivity index (χ0) is 17.1. The van der Waals surface area contributed by atoms with Gasteiger partial charge >= 0.3 is 0 Å². The first-order chi connectivity index (χ1) is 10.4. The van der Waals surface area contributed by atoms with Gasteiger partial charge in [0.05, 0.1) is 27.6 Å². The van der Waals surface area contributed by atoms with Crippen LogP contribution in [0, 0.1) is 16.7 Å². The number of nitrogens with one attached hydrogen (secondary N) is 1. The van der Waals surface area contributed by atoms with Gasteiger partial charge in [-0.05, 0) is 55.3 Å². The summed E-state index contributed by atoms with van der Waals surface area (Å²) in [5.41, 5.74) is 0.807. The summed E-state index contributed by atoms with van der Waals surface area (Å²) in [5.74, 6) is 0.817. The molecule has 24 heavy (non-hydrogen) atoms. The standard InChI is InChI=1S/C19H34N2O2.ClH/c1-17-7-14-8-18(2,11-17)13-19(9-14,12-17)20-16(23)6-15(22)10-21(3,4)5;/h14-15,22H,6-13H2,1-5H3;1H/t14?,15-,17?,18?,19?;/m0./s1. The Labute approximate surface area is 153 Å². The van der Waals surface area contributed by atoms with E-state index < -0.39 is 6.10 Å². The van der Waals surface area contributed by atoms with E-state index in [4.69, 9.17) is 0 Å². The van der Waals surface area contributed by atoms with Crippen molar-refractivity contribution >= 4 is 5.91 Å². The molecule has 4 aliphatic rings. The number of likely N-dealkylation sites (N-methyl/N-ethyl adjacent to an activating group) is 1. The normalized spacial score (nSPS) is 41.7. The average Bonchev–Trinajstić information content (AvgIpc) is 2.17. The van der Waals surface area contributed by atoms with Gasteiger partial charge in [0.2, 0.25) is 5.91 Å². The molecule has 4 bridgehead atoms. The molecule has 1 amide bonds. The highest BCUT2D eigenvalue weighted by Gasteiger charge is 2.60. The van der Waals surface area contributed by atoms with Gasteiger partial charge in [-0.25, -0.2) is 0 Å². The topological polar surface area (TPSA) is 49.3 Å². The van der Waals surface area contributed by atoms with Gasteiger partial charge in [-0.3, -0.25) is 4.79 Å². The molecule has 140 valence electrons. The molecule has 4 aliphatic carbocycles. The molecule has 0 spiro atoms. The lowest BCUT2D eigenvalue weighted by atomic mass is 9.43. The molecule has 0 aliphatic heterocycles. The minimum atomic E-state index is -0.560. The Hall–Kier alpha value is -0.320. The summed E-state index contributed by atoms with van der Waals surface area (Å²) in [4.78, 5) is 12.6. The van der Waals surface area contributed by atoms with E-state index in [1.54, 1.807) is 0 Å². The molecule has 0 aromatic rings. The van der Waals surface area contributed by atoms with Crippen molar-refractivity contribution in [1.82, 2.24) is 5.32 Å². The lowest BCUT2D eigenvalue weighted by Gasteiger charge is -2.65. The van der Waals surface area contributed by atoms with Crippen molar-refractivity contribution in [3.05, 3.63) is 0 Å². The van der Waals surface area contributed by atoms with Crippen molar-refractivity contribution < 1.29 is 26.8 Å². The second-order valence-corrected chi connectivity index (χ2v) is 10.8. The lowest BCUT2D eigenvalue weighted by molar-refractivity contribution is -0.873. The summed E-state index contributed by atoms with van der Waals surface area (Å²) in [6.07, 6.45) is 7.07. The van der Waals surface area contributed by atoms with Crippen LogP contribution in [0.3, 0.4) is 0 Å². The van der Waals surface area contributed by atoms with E-state index in [9.17, 15) is 9.90 Å². The number of aliphatic hydroxyl groups is 1. The summed E-state index contributed by atoms with van der Waals surface area (Å²) < 4.78 is 0.678. The maximum atomic E-state index is 12.6. The minimum Gasteiger partial charge on any atom is -1.00 e. The highest BCUT2D eigenvalue weighted by Crippen LogP contribution is 2.66. The molecule has 0 radical (unpaired) electrons. The van der Waals surface area contributed by atoms with Crippen LogP contribution in [-0.2, 0) is 4.79 Å². The second kappa shape index (κ2) is 6.14. The van der Waals surface area contributed by atoms with Crippen LogP contribution in [0.2, 0.25) is 0 Å². The number of aliphatic hydroxyl groups excluding tert-OH is 1. The molecule has 4 rings (SSSR count). The van der Waals surface area contributed by atoms with Gasteiger partial charge in [0, 0.05) is 5.54 Å². The summed E-state index contributed by atoms with van der Waals surface area (Å²) in [5, 5.41) is 13.6. The summed E-state index contributed by atoms with van der Waals surface area (Å²) in [6, 6.07) is 0. The molecule has 0 heterocycles. The predicted octanol–water partition coefficient (Wildman–Crippen LogP) is -0.687. The van der Waals surface area contributed by atoms with Crippen LogP contribution in [0.15, 0.2) is 0 Å². The summed E-state index contributed by atoms with van der Waals surface area (Å²) in [6.45, 7) is 5.45. The van der Waals surface area contributed by atoms with E-state index in [1.807, 2.05) is 21.1 Å². The maximum absolute atomic E-state index is 12.6. The van der Waals surface area contributed by atoms with Gasteiger partial charge in [-0.1, -0.05) is 13.8 Å². The van der Waals surface area contributed by atoms with Crippen molar-refractivity contribution in [2.75, 3.05) is 27.7 Å². The van der Waals surface area contributed by atoms with E-state index in [0.29, 0.717) is 21.9 Å². The monoisotopic (exact) mass is 358 g/mol. The Kier molecular flexibility index (Phi) is 5.11. The molecule has 2 N–H and O–H groups in total. The number of amides is 1. The predicted molar refractivity (Wildman–Crippen MR) is 91.8 cm³/mol. The van der Waals surface area contributed by atoms with Crippen molar-refractivity contribution in [3.8, 4) is 0 Å². The highest BCUT2D eigenvalue weighted by atomic mass is 35.5. The fourth-order valence-electron chi connectivity index (χ4n) is 6.84. The second-order valence-electron chi connectivity index (χ2n) is 10.8. The largest absolute Gasteiger partial charge is 1.00 e. The highest BCUT2D eigenvalue weighted by molar-refractivity contribution is 5.77. The fraction of sp³-hybridized carbons (Fsp3) is 0.947. The molecule has 0 aromatic carbocycles.